The maximum atomic E-state index is 13.1. The van der Waals surface area contributed by atoms with Gasteiger partial charge in [-0.3, -0.25) is 4.79 Å². The molecule has 0 spiro atoms. The molecular weight excluding hydrogens is 181 g/mol. The quantitative estimate of drug-likeness (QED) is 0.788. The van der Waals surface area contributed by atoms with E-state index in [9.17, 15) is 9.18 Å². The van der Waals surface area contributed by atoms with Crippen molar-refractivity contribution in [3.8, 4) is 0 Å². The van der Waals surface area contributed by atoms with Gasteiger partial charge in [0.2, 0.25) is 0 Å². The second-order valence-corrected chi connectivity index (χ2v) is 3.26. The van der Waals surface area contributed by atoms with E-state index in [0.29, 0.717) is 0 Å². The van der Waals surface area contributed by atoms with Crippen LogP contribution in [0.3, 0.4) is 0 Å². The predicted molar refractivity (Wildman–Crippen MR) is 53.6 cm³/mol. The molecule has 0 radical (unpaired) electrons. The van der Waals surface area contributed by atoms with Gasteiger partial charge in [-0.05, 0) is 25.5 Å². The van der Waals surface area contributed by atoms with E-state index in [0.717, 1.165) is 6.42 Å². The zero-order chi connectivity index (χ0) is 10.6. The normalized spacial score (nSPS) is 12.2. The second kappa shape index (κ2) is 4.74. The van der Waals surface area contributed by atoms with E-state index < -0.39 is 5.82 Å². The van der Waals surface area contributed by atoms with Crippen molar-refractivity contribution >= 4 is 5.91 Å². The first-order chi connectivity index (χ1) is 6.65. The van der Waals surface area contributed by atoms with E-state index in [1.54, 1.807) is 12.1 Å². The van der Waals surface area contributed by atoms with Gasteiger partial charge in [0.25, 0.3) is 5.91 Å². The van der Waals surface area contributed by atoms with Crippen LogP contribution in [0.5, 0.6) is 0 Å². The van der Waals surface area contributed by atoms with Crippen molar-refractivity contribution in [1.29, 1.82) is 0 Å². The van der Waals surface area contributed by atoms with E-state index in [-0.39, 0.29) is 17.5 Å². The number of carbonyl (C=O) groups is 1. The van der Waals surface area contributed by atoms with E-state index >= 15 is 0 Å². The third kappa shape index (κ3) is 2.55. The van der Waals surface area contributed by atoms with Crippen LogP contribution in [0.1, 0.15) is 30.6 Å². The van der Waals surface area contributed by atoms with Crippen molar-refractivity contribution < 1.29 is 9.18 Å². The summed E-state index contributed by atoms with van der Waals surface area (Å²) >= 11 is 0. The minimum atomic E-state index is -0.478. The summed E-state index contributed by atoms with van der Waals surface area (Å²) in [6, 6.07) is 6.05. The molecule has 1 aromatic rings. The van der Waals surface area contributed by atoms with Crippen LogP contribution in [0, 0.1) is 5.82 Å². The van der Waals surface area contributed by atoms with Crippen molar-refractivity contribution in [3.05, 3.63) is 35.6 Å². The Kier molecular flexibility index (Phi) is 3.63. The van der Waals surface area contributed by atoms with Gasteiger partial charge < -0.3 is 5.32 Å². The lowest BCUT2D eigenvalue weighted by Gasteiger charge is -2.11. The number of hydrogen-bond donors (Lipinski definition) is 1. The largest absolute Gasteiger partial charge is 0.350 e. The fourth-order valence-electron chi connectivity index (χ4n) is 1.05. The predicted octanol–water partition coefficient (Wildman–Crippen LogP) is 2.35. The Bertz CT molecular complexity index is 325. The number of hydrogen-bond acceptors (Lipinski definition) is 1. The van der Waals surface area contributed by atoms with Gasteiger partial charge in [0.15, 0.2) is 0 Å². The molecule has 0 saturated carbocycles. The molecule has 0 aliphatic heterocycles. The van der Waals surface area contributed by atoms with Crippen LogP contribution in [0.2, 0.25) is 0 Å². The monoisotopic (exact) mass is 195 g/mol. The Morgan fingerprint density at radius 1 is 1.50 bits per heavy atom. The number of carbonyl (C=O) groups excluding carboxylic acids is 1. The Balaban J connectivity index is 2.75. The van der Waals surface area contributed by atoms with Crippen molar-refractivity contribution in [2.45, 2.75) is 26.3 Å². The molecule has 0 saturated heterocycles. The van der Waals surface area contributed by atoms with Crippen LogP contribution >= 0.6 is 0 Å². The Hall–Kier alpha value is -1.38. The van der Waals surface area contributed by atoms with Gasteiger partial charge in [-0.2, -0.15) is 0 Å². The van der Waals surface area contributed by atoms with E-state index in [1.165, 1.54) is 12.1 Å². The molecule has 14 heavy (non-hydrogen) atoms. The molecule has 0 bridgehead atoms. The maximum absolute atomic E-state index is 13.1. The van der Waals surface area contributed by atoms with Crippen LogP contribution < -0.4 is 5.32 Å². The van der Waals surface area contributed by atoms with Gasteiger partial charge in [-0.25, -0.2) is 4.39 Å². The Morgan fingerprint density at radius 2 is 2.14 bits per heavy atom. The lowest BCUT2D eigenvalue weighted by atomic mass is 10.2. The minimum absolute atomic E-state index is 0.0714. The van der Waals surface area contributed by atoms with Crippen molar-refractivity contribution in [2.75, 3.05) is 0 Å². The lowest BCUT2D eigenvalue weighted by Crippen LogP contribution is -2.32. The molecule has 0 aliphatic rings. The zero-order valence-electron chi connectivity index (χ0n) is 8.38. The first-order valence-corrected chi connectivity index (χ1v) is 4.70. The molecule has 0 aromatic heterocycles. The summed E-state index contributed by atoms with van der Waals surface area (Å²) in [7, 11) is 0. The molecule has 1 amide bonds. The number of halogens is 1. The van der Waals surface area contributed by atoms with Crippen LogP contribution in [0.25, 0.3) is 0 Å². The van der Waals surface area contributed by atoms with E-state index in [1.807, 2.05) is 13.8 Å². The third-order valence-electron chi connectivity index (χ3n) is 2.11. The molecule has 1 atom stereocenters. The molecule has 1 rings (SSSR count). The maximum Gasteiger partial charge on any atom is 0.254 e. The molecule has 2 nitrogen and oxygen atoms in total. The highest BCUT2D eigenvalue weighted by Gasteiger charge is 2.11. The highest BCUT2D eigenvalue weighted by atomic mass is 19.1. The van der Waals surface area contributed by atoms with Gasteiger partial charge in [0.1, 0.15) is 5.82 Å². The molecule has 1 aromatic carbocycles. The number of amides is 1. The van der Waals surface area contributed by atoms with Gasteiger partial charge >= 0.3 is 0 Å². The number of rotatable bonds is 3. The first-order valence-electron chi connectivity index (χ1n) is 4.70. The Morgan fingerprint density at radius 3 is 2.71 bits per heavy atom. The highest BCUT2D eigenvalue weighted by molar-refractivity contribution is 5.94. The molecule has 1 N–H and O–H groups in total. The summed E-state index contributed by atoms with van der Waals surface area (Å²) in [4.78, 5) is 11.5. The molecule has 0 heterocycles. The molecule has 76 valence electrons. The highest BCUT2D eigenvalue weighted by Crippen LogP contribution is 2.06. The van der Waals surface area contributed by atoms with Crippen LogP contribution in [-0.2, 0) is 0 Å². The van der Waals surface area contributed by atoms with Gasteiger partial charge in [0, 0.05) is 6.04 Å². The summed E-state index contributed by atoms with van der Waals surface area (Å²) in [5.74, 6) is -0.828. The van der Waals surface area contributed by atoms with Crippen LogP contribution in [0.4, 0.5) is 4.39 Å². The topological polar surface area (TPSA) is 29.1 Å². The van der Waals surface area contributed by atoms with Crippen LogP contribution in [0.15, 0.2) is 24.3 Å². The molecule has 3 heteroatoms. The average molecular weight is 195 g/mol. The second-order valence-electron chi connectivity index (χ2n) is 3.26. The molecule has 0 fully saturated rings. The summed E-state index contributed by atoms with van der Waals surface area (Å²) in [6.07, 6.45) is 0.834. The molecule has 0 aliphatic carbocycles. The van der Waals surface area contributed by atoms with Gasteiger partial charge in [-0.1, -0.05) is 19.1 Å². The first kappa shape index (κ1) is 10.7. The fourth-order valence-corrected chi connectivity index (χ4v) is 1.05. The van der Waals surface area contributed by atoms with Gasteiger partial charge in [-0.15, -0.1) is 0 Å². The van der Waals surface area contributed by atoms with E-state index in [4.69, 9.17) is 0 Å². The summed E-state index contributed by atoms with van der Waals surface area (Å²) < 4.78 is 13.1. The molecular formula is C11H14FNO. The van der Waals surface area contributed by atoms with Gasteiger partial charge in [0.05, 0.1) is 5.56 Å². The smallest absolute Gasteiger partial charge is 0.254 e. The fraction of sp³-hybridized carbons (Fsp3) is 0.364. The summed E-state index contributed by atoms with van der Waals surface area (Å²) in [5, 5.41) is 2.71. The van der Waals surface area contributed by atoms with E-state index in [2.05, 4.69) is 5.32 Å². The van der Waals surface area contributed by atoms with Crippen molar-refractivity contribution in [1.82, 2.24) is 5.32 Å². The number of benzene rings is 1. The Labute approximate surface area is 83.1 Å². The average Bonchev–Trinajstić information content (AvgIpc) is 2.18. The standard InChI is InChI=1S/C11H14FNO/c1-3-8(2)13-11(14)9-6-4-5-7-10(9)12/h4-8H,3H2,1-2H3,(H,13,14). The van der Waals surface area contributed by atoms with Crippen molar-refractivity contribution in [2.24, 2.45) is 0 Å². The summed E-state index contributed by atoms with van der Waals surface area (Å²) in [6.45, 7) is 3.85. The van der Waals surface area contributed by atoms with Crippen molar-refractivity contribution in [3.63, 3.8) is 0 Å². The zero-order valence-corrected chi connectivity index (χ0v) is 8.38. The number of nitrogens with one attached hydrogen (secondary N) is 1. The lowest BCUT2D eigenvalue weighted by molar-refractivity contribution is 0.0935. The molecule has 1 unspecified atom stereocenters. The minimum Gasteiger partial charge on any atom is -0.350 e. The van der Waals surface area contributed by atoms with Crippen LogP contribution in [-0.4, -0.2) is 11.9 Å². The third-order valence-corrected chi connectivity index (χ3v) is 2.11. The SMILES string of the molecule is CCC(C)NC(=O)c1ccccc1F. The summed E-state index contributed by atoms with van der Waals surface area (Å²) in [5.41, 5.74) is 0.104.